The van der Waals surface area contributed by atoms with Gasteiger partial charge in [0.1, 0.15) is 0 Å². The molecule has 1 radical (unpaired) electrons. The quantitative estimate of drug-likeness (QED) is 0.666. The number of rotatable bonds is 7. The molecule has 0 amide bonds. The zero-order valence-corrected chi connectivity index (χ0v) is 15.3. The molecule has 0 aliphatic carbocycles. The molecule has 0 aliphatic rings. The van der Waals surface area contributed by atoms with Crippen molar-refractivity contribution >= 4 is 35.9 Å². The van der Waals surface area contributed by atoms with Crippen molar-refractivity contribution in [2.45, 2.75) is 45.3 Å². The molecule has 3 nitrogen and oxygen atoms in total. The maximum atomic E-state index is 6.05. The average Bonchev–Trinajstić information content (AvgIpc) is 1.99. The SMILES string of the molecule is [CH2]C[Si](O[SiH](C)C)(O[SiH](C)C)O[SiH](C)C. The second kappa shape index (κ2) is 7.15. The molecule has 0 aromatic carbocycles. The van der Waals surface area contributed by atoms with Crippen LogP contribution in [0.15, 0.2) is 0 Å². The molecule has 0 aliphatic heterocycles. The van der Waals surface area contributed by atoms with E-state index >= 15 is 0 Å². The summed E-state index contributed by atoms with van der Waals surface area (Å²) in [6.07, 6.45) is 0. The molecule has 0 aromatic rings. The Balaban J connectivity index is 4.59. The third-order valence-electron chi connectivity index (χ3n) is 1.55. The third kappa shape index (κ3) is 6.82. The molecule has 0 rings (SSSR count). The van der Waals surface area contributed by atoms with Crippen molar-refractivity contribution in [1.82, 2.24) is 0 Å². The van der Waals surface area contributed by atoms with Gasteiger partial charge in [0.15, 0.2) is 27.1 Å². The van der Waals surface area contributed by atoms with Crippen LogP contribution in [0, 0.1) is 6.92 Å². The maximum Gasteiger partial charge on any atom is 0.468 e. The predicted molar refractivity (Wildman–Crippen MR) is 75.8 cm³/mol. The Morgan fingerprint density at radius 1 is 0.800 bits per heavy atom. The fourth-order valence-electron chi connectivity index (χ4n) is 1.34. The summed E-state index contributed by atoms with van der Waals surface area (Å²) in [6.45, 7) is 16.9. The van der Waals surface area contributed by atoms with Crippen LogP contribution in [0.1, 0.15) is 0 Å². The van der Waals surface area contributed by atoms with E-state index in [1.165, 1.54) is 0 Å². The van der Waals surface area contributed by atoms with Gasteiger partial charge in [-0.25, -0.2) is 0 Å². The fourth-order valence-corrected chi connectivity index (χ4v) is 13.5. The van der Waals surface area contributed by atoms with Gasteiger partial charge in [0.25, 0.3) is 0 Å². The second-order valence-electron chi connectivity index (χ2n) is 4.43. The predicted octanol–water partition coefficient (Wildman–Crippen LogP) is 1.76. The Labute approximate surface area is 101 Å². The molecule has 0 atom stereocenters. The van der Waals surface area contributed by atoms with Crippen molar-refractivity contribution in [3.63, 3.8) is 0 Å². The smallest absolute Gasteiger partial charge is 0.420 e. The van der Waals surface area contributed by atoms with Crippen LogP contribution in [0.4, 0.5) is 0 Å². The Bertz CT molecular complexity index is 149. The molecule has 0 saturated heterocycles. The van der Waals surface area contributed by atoms with Crippen molar-refractivity contribution < 1.29 is 12.3 Å². The lowest BCUT2D eigenvalue weighted by Gasteiger charge is -2.34. The van der Waals surface area contributed by atoms with E-state index in [4.69, 9.17) is 12.3 Å². The Morgan fingerprint density at radius 2 is 1.07 bits per heavy atom. The summed E-state index contributed by atoms with van der Waals surface area (Å²) in [5, 5.41) is 0. The van der Waals surface area contributed by atoms with Gasteiger partial charge < -0.3 is 12.3 Å². The summed E-state index contributed by atoms with van der Waals surface area (Å²) >= 11 is 0. The highest BCUT2D eigenvalue weighted by Gasteiger charge is 2.40. The van der Waals surface area contributed by atoms with Crippen LogP contribution in [0.3, 0.4) is 0 Å². The van der Waals surface area contributed by atoms with E-state index in [0.717, 1.165) is 0 Å². The van der Waals surface area contributed by atoms with Crippen LogP contribution < -0.4 is 0 Å². The van der Waals surface area contributed by atoms with Crippen LogP contribution in [-0.2, 0) is 12.3 Å². The first kappa shape index (κ1) is 15.7. The summed E-state index contributed by atoms with van der Waals surface area (Å²) in [6, 6.07) is 0.675. The molecule has 0 heterocycles. The van der Waals surface area contributed by atoms with E-state index in [0.29, 0.717) is 6.04 Å². The van der Waals surface area contributed by atoms with Gasteiger partial charge in [-0.05, 0) is 46.2 Å². The largest absolute Gasteiger partial charge is 0.468 e. The van der Waals surface area contributed by atoms with E-state index in [9.17, 15) is 0 Å². The highest BCUT2D eigenvalue weighted by atomic mass is 28.5. The molecule has 0 saturated carbocycles. The first-order valence-electron chi connectivity index (χ1n) is 5.64. The lowest BCUT2D eigenvalue weighted by molar-refractivity contribution is 0.273. The van der Waals surface area contributed by atoms with Crippen LogP contribution in [-0.4, -0.2) is 35.9 Å². The number of hydrogen-bond acceptors (Lipinski definition) is 3. The minimum atomic E-state index is -2.38. The van der Waals surface area contributed by atoms with Crippen molar-refractivity contribution in [3.8, 4) is 0 Å². The zero-order chi connectivity index (χ0) is 12.1. The van der Waals surface area contributed by atoms with Gasteiger partial charge in [-0.15, -0.1) is 0 Å². The molecule has 15 heavy (non-hydrogen) atoms. The van der Waals surface area contributed by atoms with Crippen LogP contribution in [0.2, 0.25) is 45.3 Å². The molecular weight excluding hydrogens is 256 g/mol. The van der Waals surface area contributed by atoms with Crippen molar-refractivity contribution in [1.29, 1.82) is 0 Å². The lowest BCUT2D eigenvalue weighted by Crippen LogP contribution is -2.52. The summed E-state index contributed by atoms with van der Waals surface area (Å²) in [5.74, 6) is 0. The monoisotopic (exact) mass is 281 g/mol. The van der Waals surface area contributed by atoms with Crippen molar-refractivity contribution in [3.05, 3.63) is 6.92 Å². The second-order valence-corrected chi connectivity index (χ2v) is 15.4. The van der Waals surface area contributed by atoms with Crippen molar-refractivity contribution in [2.24, 2.45) is 0 Å². The number of hydrogen-bond donors (Lipinski definition) is 0. The summed E-state index contributed by atoms with van der Waals surface area (Å²) in [4.78, 5) is 0. The first-order chi connectivity index (χ1) is 6.81. The molecule has 91 valence electrons. The highest BCUT2D eigenvalue weighted by molar-refractivity contribution is 6.80. The molecule has 0 unspecified atom stereocenters. The molecule has 7 heteroatoms. The van der Waals surface area contributed by atoms with E-state index in [1.54, 1.807) is 0 Å². The Kier molecular flexibility index (Phi) is 7.50. The highest BCUT2D eigenvalue weighted by Crippen LogP contribution is 2.18. The summed E-state index contributed by atoms with van der Waals surface area (Å²) in [7, 11) is -5.73. The van der Waals surface area contributed by atoms with E-state index < -0.39 is 35.9 Å². The Morgan fingerprint density at radius 3 is 1.20 bits per heavy atom. The van der Waals surface area contributed by atoms with Crippen LogP contribution in [0.5, 0.6) is 0 Å². The lowest BCUT2D eigenvalue weighted by atomic mass is 11.0. The van der Waals surface area contributed by atoms with Gasteiger partial charge in [0.2, 0.25) is 0 Å². The standard InChI is InChI=1S/C8H25O3Si4/c1-8-15(9-12(2)3,10-13(4)5)11-14(6)7/h12-14H,1,8H2,2-7H3. The molecule has 0 spiro atoms. The van der Waals surface area contributed by atoms with Gasteiger partial charge in [-0.1, -0.05) is 0 Å². The molecule has 0 N–H and O–H groups in total. The van der Waals surface area contributed by atoms with Gasteiger partial charge in [0, 0.05) is 6.04 Å². The summed E-state index contributed by atoms with van der Waals surface area (Å²) in [5.41, 5.74) is 0. The minimum absolute atomic E-state index is 0.675. The fraction of sp³-hybridized carbons (Fsp3) is 0.875. The third-order valence-corrected chi connectivity index (χ3v) is 12.1. The molecular formula is C8H25O3Si4. The topological polar surface area (TPSA) is 27.7 Å². The Hall–Kier alpha value is 0.748. The average molecular weight is 282 g/mol. The summed E-state index contributed by atoms with van der Waals surface area (Å²) < 4.78 is 18.1. The maximum absolute atomic E-state index is 6.05. The van der Waals surface area contributed by atoms with Gasteiger partial charge in [-0.3, -0.25) is 0 Å². The minimum Gasteiger partial charge on any atom is -0.420 e. The zero-order valence-electron chi connectivity index (χ0n) is 10.9. The van der Waals surface area contributed by atoms with E-state index in [-0.39, 0.29) is 0 Å². The van der Waals surface area contributed by atoms with E-state index in [1.807, 2.05) is 0 Å². The molecule has 0 fully saturated rings. The van der Waals surface area contributed by atoms with Crippen LogP contribution >= 0.6 is 0 Å². The van der Waals surface area contributed by atoms with E-state index in [2.05, 4.69) is 46.2 Å². The normalized spacial score (nSPS) is 13.2. The molecule has 0 bridgehead atoms. The van der Waals surface area contributed by atoms with Crippen LogP contribution in [0.25, 0.3) is 0 Å². The van der Waals surface area contributed by atoms with Gasteiger partial charge >= 0.3 is 8.80 Å². The first-order valence-corrected chi connectivity index (χ1v) is 15.9. The molecule has 0 aromatic heterocycles. The van der Waals surface area contributed by atoms with Gasteiger partial charge in [0.05, 0.1) is 0 Å². The van der Waals surface area contributed by atoms with Crippen molar-refractivity contribution in [2.75, 3.05) is 0 Å². The van der Waals surface area contributed by atoms with Gasteiger partial charge in [-0.2, -0.15) is 0 Å².